The van der Waals surface area contributed by atoms with E-state index in [-0.39, 0.29) is 0 Å². The standard InChI is InChI=1S/C12H23N7O/c1-4-18(5-2)10-14-9(17-13)15-11(16-10)19-7-6-12(3,20)8-19/h20H,4-8,13H2,1-3H3,(H,14,15,16,17). The summed E-state index contributed by atoms with van der Waals surface area (Å²) in [5.74, 6) is 6.92. The Bertz CT molecular complexity index is 461. The van der Waals surface area contributed by atoms with Gasteiger partial charge in [0.25, 0.3) is 0 Å². The lowest BCUT2D eigenvalue weighted by Crippen LogP contribution is -2.32. The van der Waals surface area contributed by atoms with Crippen LogP contribution in [0.5, 0.6) is 0 Å². The molecule has 1 aliphatic rings. The van der Waals surface area contributed by atoms with Gasteiger partial charge in [-0.05, 0) is 27.2 Å². The highest BCUT2D eigenvalue weighted by Crippen LogP contribution is 2.25. The summed E-state index contributed by atoms with van der Waals surface area (Å²) in [5.41, 5.74) is 1.78. The second-order valence-electron chi connectivity index (χ2n) is 5.24. The van der Waals surface area contributed by atoms with Crippen LogP contribution in [0.3, 0.4) is 0 Å². The molecular weight excluding hydrogens is 258 g/mol. The summed E-state index contributed by atoms with van der Waals surface area (Å²) < 4.78 is 0. The number of nitrogen functional groups attached to an aromatic ring is 1. The number of aromatic nitrogens is 3. The van der Waals surface area contributed by atoms with Crippen LogP contribution in [0.2, 0.25) is 0 Å². The number of hydrogen-bond donors (Lipinski definition) is 3. The molecule has 1 aromatic heterocycles. The van der Waals surface area contributed by atoms with Gasteiger partial charge in [0.1, 0.15) is 0 Å². The molecule has 0 aliphatic carbocycles. The molecule has 2 rings (SSSR count). The Morgan fingerprint density at radius 2 is 2.05 bits per heavy atom. The number of hydrogen-bond acceptors (Lipinski definition) is 8. The summed E-state index contributed by atoms with van der Waals surface area (Å²) in [6, 6.07) is 0. The monoisotopic (exact) mass is 281 g/mol. The fraction of sp³-hybridized carbons (Fsp3) is 0.750. The van der Waals surface area contributed by atoms with Crippen LogP contribution in [-0.4, -0.2) is 51.8 Å². The Hall–Kier alpha value is -1.67. The van der Waals surface area contributed by atoms with Crippen LogP contribution < -0.4 is 21.1 Å². The molecule has 4 N–H and O–H groups in total. The molecule has 0 bridgehead atoms. The summed E-state index contributed by atoms with van der Waals surface area (Å²) in [6.45, 7) is 8.76. The highest BCUT2D eigenvalue weighted by atomic mass is 16.3. The lowest BCUT2D eigenvalue weighted by molar-refractivity contribution is 0.0838. The van der Waals surface area contributed by atoms with Gasteiger partial charge in [0.2, 0.25) is 17.8 Å². The van der Waals surface area contributed by atoms with E-state index in [1.54, 1.807) is 0 Å². The molecule has 0 spiro atoms. The van der Waals surface area contributed by atoms with Gasteiger partial charge in [-0.15, -0.1) is 0 Å². The van der Waals surface area contributed by atoms with Gasteiger partial charge < -0.3 is 14.9 Å². The number of hydrazine groups is 1. The lowest BCUT2D eigenvalue weighted by Gasteiger charge is -2.23. The van der Waals surface area contributed by atoms with E-state index >= 15 is 0 Å². The van der Waals surface area contributed by atoms with Crippen LogP contribution in [0.15, 0.2) is 0 Å². The highest BCUT2D eigenvalue weighted by Gasteiger charge is 2.33. The van der Waals surface area contributed by atoms with Crippen molar-refractivity contribution in [2.75, 3.05) is 41.4 Å². The Kier molecular flexibility index (Phi) is 4.24. The van der Waals surface area contributed by atoms with Crippen molar-refractivity contribution < 1.29 is 5.11 Å². The molecule has 1 atom stereocenters. The smallest absolute Gasteiger partial charge is 0.243 e. The predicted octanol–water partition coefficient (Wildman–Crippen LogP) is -0.0355. The maximum absolute atomic E-state index is 10.1. The molecule has 0 aromatic carbocycles. The van der Waals surface area contributed by atoms with Crippen molar-refractivity contribution in [2.45, 2.75) is 32.8 Å². The Morgan fingerprint density at radius 3 is 2.55 bits per heavy atom. The predicted molar refractivity (Wildman–Crippen MR) is 78.7 cm³/mol. The molecule has 2 heterocycles. The topological polar surface area (TPSA) is 103 Å². The summed E-state index contributed by atoms with van der Waals surface area (Å²) in [7, 11) is 0. The van der Waals surface area contributed by atoms with Crippen LogP contribution >= 0.6 is 0 Å². The van der Waals surface area contributed by atoms with Crippen molar-refractivity contribution in [2.24, 2.45) is 5.84 Å². The van der Waals surface area contributed by atoms with Crippen LogP contribution in [-0.2, 0) is 0 Å². The van der Waals surface area contributed by atoms with Gasteiger partial charge in [0, 0.05) is 26.2 Å². The molecule has 0 saturated carbocycles. The van der Waals surface area contributed by atoms with E-state index in [0.717, 1.165) is 19.6 Å². The third-order valence-electron chi connectivity index (χ3n) is 3.52. The number of nitrogens with one attached hydrogen (secondary N) is 1. The minimum absolute atomic E-state index is 0.337. The van der Waals surface area contributed by atoms with Crippen molar-refractivity contribution in [3.8, 4) is 0 Å². The number of anilines is 3. The zero-order chi connectivity index (χ0) is 14.8. The van der Waals surface area contributed by atoms with E-state index < -0.39 is 5.60 Å². The van der Waals surface area contributed by atoms with Gasteiger partial charge in [-0.3, -0.25) is 5.43 Å². The van der Waals surface area contributed by atoms with Gasteiger partial charge in [0.05, 0.1) is 5.60 Å². The van der Waals surface area contributed by atoms with Gasteiger partial charge in [-0.2, -0.15) is 15.0 Å². The zero-order valence-corrected chi connectivity index (χ0v) is 12.3. The molecule has 8 heteroatoms. The summed E-state index contributed by atoms with van der Waals surface area (Å²) >= 11 is 0. The number of aliphatic hydroxyl groups is 1. The van der Waals surface area contributed by atoms with Crippen molar-refractivity contribution in [1.29, 1.82) is 0 Å². The SMILES string of the molecule is CCN(CC)c1nc(NN)nc(N2CCC(C)(O)C2)n1. The average molecular weight is 281 g/mol. The molecule has 20 heavy (non-hydrogen) atoms. The number of β-amino-alcohol motifs (C(OH)–C–C–N with tert-alkyl or cyclic N) is 1. The Morgan fingerprint density at radius 1 is 1.35 bits per heavy atom. The summed E-state index contributed by atoms with van der Waals surface area (Å²) in [6.07, 6.45) is 0.699. The molecule has 8 nitrogen and oxygen atoms in total. The van der Waals surface area contributed by atoms with Crippen LogP contribution in [0.1, 0.15) is 27.2 Å². The third-order valence-corrected chi connectivity index (χ3v) is 3.52. The first-order valence-electron chi connectivity index (χ1n) is 6.94. The maximum Gasteiger partial charge on any atom is 0.243 e. The second kappa shape index (κ2) is 5.76. The normalized spacial score (nSPS) is 22.1. The first-order chi connectivity index (χ1) is 9.49. The first kappa shape index (κ1) is 14.7. The van der Waals surface area contributed by atoms with Crippen LogP contribution in [0.4, 0.5) is 17.8 Å². The molecule has 1 aliphatic heterocycles. The van der Waals surface area contributed by atoms with E-state index in [2.05, 4.69) is 20.4 Å². The van der Waals surface area contributed by atoms with E-state index in [1.165, 1.54) is 0 Å². The zero-order valence-electron chi connectivity index (χ0n) is 12.3. The Labute approximate surface area is 119 Å². The van der Waals surface area contributed by atoms with Crippen molar-refractivity contribution in [1.82, 2.24) is 15.0 Å². The molecule has 112 valence electrons. The molecule has 0 amide bonds. The van der Waals surface area contributed by atoms with Crippen molar-refractivity contribution in [3.63, 3.8) is 0 Å². The molecule has 1 saturated heterocycles. The van der Waals surface area contributed by atoms with E-state index in [4.69, 9.17) is 5.84 Å². The molecule has 1 unspecified atom stereocenters. The van der Waals surface area contributed by atoms with E-state index in [9.17, 15) is 5.11 Å². The maximum atomic E-state index is 10.1. The van der Waals surface area contributed by atoms with Crippen LogP contribution in [0.25, 0.3) is 0 Å². The quantitative estimate of drug-likeness (QED) is 0.510. The molecule has 1 aromatic rings. The number of rotatable bonds is 5. The van der Waals surface area contributed by atoms with Gasteiger partial charge in [-0.1, -0.05) is 0 Å². The largest absolute Gasteiger partial charge is 0.388 e. The number of nitrogens with two attached hydrogens (primary N) is 1. The molecular formula is C12H23N7O. The number of nitrogens with zero attached hydrogens (tertiary/aromatic N) is 5. The fourth-order valence-corrected chi connectivity index (χ4v) is 2.32. The summed E-state index contributed by atoms with van der Waals surface area (Å²) in [5, 5.41) is 10.1. The Balaban J connectivity index is 2.31. The third kappa shape index (κ3) is 3.07. The van der Waals surface area contributed by atoms with Gasteiger partial charge >= 0.3 is 0 Å². The van der Waals surface area contributed by atoms with E-state index in [0.29, 0.717) is 30.8 Å². The molecule has 0 radical (unpaired) electrons. The van der Waals surface area contributed by atoms with Crippen molar-refractivity contribution in [3.05, 3.63) is 0 Å². The first-order valence-corrected chi connectivity index (χ1v) is 6.94. The average Bonchev–Trinajstić information content (AvgIpc) is 2.80. The van der Waals surface area contributed by atoms with Gasteiger partial charge in [0.15, 0.2) is 0 Å². The fourth-order valence-electron chi connectivity index (χ4n) is 2.32. The minimum Gasteiger partial charge on any atom is -0.388 e. The van der Waals surface area contributed by atoms with Crippen molar-refractivity contribution >= 4 is 17.8 Å². The van der Waals surface area contributed by atoms with E-state index in [1.807, 2.05) is 30.6 Å². The van der Waals surface area contributed by atoms with Crippen LogP contribution in [0, 0.1) is 0 Å². The highest BCUT2D eigenvalue weighted by molar-refractivity contribution is 5.45. The van der Waals surface area contributed by atoms with Gasteiger partial charge in [-0.25, -0.2) is 5.84 Å². The lowest BCUT2D eigenvalue weighted by atomic mass is 10.1. The second-order valence-corrected chi connectivity index (χ2v) is 5.24. The summed E-state index contributed by atoms with van der Waals surface area (Å²) in [4.78, 5) is 17.0. The minimum atomic E-state index is -0.696. The molecule has 1 fully saturated rings.